The minimum absolute atomic E-state index is 0.129. The molecule has 0 unspecified atom stereocenters. The summed E-state index contributed by atoms with van der Waals surface area (Å²) in [5, 5.41) is 3.40. The highest BCUT2D eigenvalue weighted by Gasteiger charge is 2.25. The first-order valence-corrected chi connectivity index (χ1v) is 8.22. The molecule has 1 aliphatic heterocycles. The number of likely N-dealkylation sites (N-methyl/N-ethyl adjacent to an activating group) is 1. The van der Waals surface area contributed by atoms with Gasteiger partial charge in [0, 0.05) is 18.9 Å². The van der Waals surface area contributed by atoms with Crippen LogP contribution in [-0.4, -0.2) is 40.5 Å². The lowest BCUT2D eigenvalue weighted by Crippen LogP contribution is -2.38. The normalized spacial score (nSPS) is 18.4. The van der Waals surface area contributed by atoms with E-state index in [4.69, 9.17) is 21.1 Å². The monoisotopic (exact) mass is 305 g/mol. The van der Waals surface area contributed by atoms with Crippen molar-refractivity contribution in [3.63, 3.8) is 0 Å². The van der Waals surface area contributed by atoms with Crippen LogP contribution in [-0.2, 0) is 9.84 Å². The van der Waals surface area contributed by atoms with Gasteiger partial charge in [-0.05, 0) is 12.6 Å². The average Bonchev–Trinajstić information content (AvgIpc) is 2.34. The fourth-order valence-electron chi connectivity index (χ4n) is 1.78. The van der Waals surface area contributed by atoms with Gasteiger partial charge in [-0.15, -0.1) is 0 Å². The highest BCUT2D eigenvalue weighted by Crippen LogP contribution is 2.40. The van der Waals surface area contributed by atoms with Crippen LogP contribution in [0.4, 0.5) is 0 Å². The van der Waals surface area contributed by atoms with Crippen molar-refractivity contribution in [2.24, 2.45) is 0 Å². The molecule has 1 aromatic carbocycles. The van der Waals surface area contributed by atoms with Gasteiger partial charge in [-0.1, -0.05) is 18.5 Å². The molecule has 0 fully saturated rings. The summed E-state index contributed by atoms with van der Waals surface area (Å²) in [6.45, 7) is 3.85. The maximum Gasteiger partial charge on any atom is 0.180 e. The lowest BCUT2D eigenvalue weighted by molar-refractivity contribution is 0.0906. The quantitative estimate of drug-likeness (QED) is 0.913. The second kappa shape index (κ2) is 5.56. The Morgan fingerprint density at radius 3 is 2.84 bits per heavy atom. The number of nitrogens with one attached hydrogen (secondary N) is 1. The van der Waals surface area contributed by atoms with Gasteiger partial charge in [0.1, 0.15) is 12.7 Å². The zero-order chi connectivity index (χ0) is 14.0. The molecule has 0 aliphatic carbocycles. The van der Waals surface area contributed by atoms with Crippen LogP contribution in [0.3, 0.4) is 0 Å². The first kappa shape index (κ1) is 14.4. The Labute approximate surface area is 117 Å². The van der Waals surface area contributed by atoms with Crippen LogP contribution in [0, 0.1) is 0 Å². The minimum Gasteiger partial charge on any atom is -0.484 e. The van der Waals surface area contributed by atoms with Crippen molar-refractivity contribution < 1.29 is 17.9 Å². The lowest BCUT2D eigenvalue weighted by atomic mass is 10.2. The smallest absolute Gasteiger partial charge is 0.180 e. The molecule has 19 heavy (non-hydrogen) atoms. The number of halogens is 1. The van der Waals surface area contributed by atoms with Crippen molar-refractivity contribution in [2.45, 2.75) is 17.9 Å². The van der Waals surface area contributed by atoms with Crippen molar-refractivity contribution in [3.05, 3.63) is 17.2 Å². The predicted octanol–water partition coefficient (Wildman–Crippen LogP) is 1.49. The summed E-state index contributed by atoms with van der Waals surface area (Å²) in [5.41, 5.74) is 0. The second-order valence-electron chi connectivity index (χ2n) is 4.36. The molecular weight excluding hydrogens is 290 g/mol. The Bertz CT molecular complexity index is 573. The number of ether oxygens (including phenoxy) is 2. The molecule has 2 rings (SSSR count). The van der Waals surface area contributed by atoms with E-state index in [1.54, 1.807) is 0 Å². The fourth-order valence-corrected chi connectivity index (χ4v) is 2.76. The van der Waals surface area contributed by atoms with E-state index < -0.39 is 9.84 Å². The number of sulfone groups is 1. The fraction of sp³-hybridized carbons (Fsp3) is 0.500. The van der Waals surface area contributed by atoms with Gasteiger partial charge in [-0.25, -0.2) is 8.42 Å². The lowest BCUT2D eigenvalue weighted by Gasteiger charge is -2.27. The molecule has 0 radical (unpaired) electrons. The van der Waals surface area contributed by atoms with Crippen molar-refractivity contribution in [1.82, 2.24) is 5.32 Å². The molecule has 0 bridgehead atoms. The Kier molecular flexibility index (Phi) is 4.23. The molecule has 1 heterocycles. The Hall–Kier alpha value is -0.980. The molecule has 0 saturated carbocycles. The van der Waals surface area contributed by atoms with E-state index in [1.165, 1.54) is 12.1 Å². The summed E-state index contributed by atoms with van der Waals surface area (Å²) in [5.74, 6) is 0.781. The zero-order valence-corrected chi connectivity index (χ0v) is 12.3. The molecule has 0 aromatic heterocycles. The molecule has 0 saturated heterocycles. The molecular formula is C12H16ClNO4S. The molecule has 0 amide bonds. The Balaban J connectivity index is 2.30. The van der Waals surface area contributed by atoms with Gasteiger partial charge in [0.05, 0.1) is 9.92 Å². The first-order chi connectivity index (χ1) is 8.91. The summed E-state index contributed by atoms with van der Waals surface area (Å²) in [4.78, 5) is 0.129. The van der Waals surface area contributed by atoms with Crippen LogP contribution in [0.5, 0.6) is 11.5 Å². The van der Waals surface area contributed by atoms with Gasteiger partial charge < -0.3 is 14.8 Å². The summed E-state index contributed by atoms with van der Waals surface area (Å²) in [6.07, 6.45) is 0.975. The second-order valence-corrected chi connectivity index (χ2v) is 6.79. The summed E-state index contributed by atoms with van der Waals surface area (Å²) >= 11 is 6.02. The molecule has 5 nitrogen and oxygen atoms in total. The minimum atomic E-state index is -3.33. The number of benzene rings is 1. The third-order valence-corrected chi connectivity index (χ3v) is 4.11. The number of fused-ring (bicyclic) bond motifs is 1. The van der Waals surface area contributed by atoms with Crippen molar-refractivity contribution in [3.8, 4) is 11.5 Å². The molecule has 1 aliphatic rings. The third-order valence-electron chi connectivity index (χ3n) is 2.74. The van der Waals surface area contributed by atoms with Gasteiger partial charge in [-0.3, -0.25) is 0 Å². The van der Waals surface area contributed by atoms with Gasteiger partial charge in [0.25, 0.3) is 0 Å². The number of rotatable bonds is 4. The van der Waals surface area contributed by atoms with Crippen LogP contribution >= 0.6 is 11.6 Å². The highest BCUT2D eigenvalue weighted by molar-refractivity contribution is 7.90. The van der Waals surface area contributed by atoms with Gasteiger partial charge in [-0.2, -0.15) is 0 Å². The van der Waals surface area contributed by atoms with Gasteiger partial charge in [0.15, 0.2) is 21.3 Å². The van der Waals surface area contributed by atoms with Crippen molar-refractivity contribution in [1.29, 1.82) is 0 Å². The molecule has 7 heteroatoms. The maximum absolute atomic E-state index is 11.6. The average molecular weight is 306 g/mol. The van der Waals surface area contributed by atoms with Crippen LogP contribution in [0.15, 0.2) is 17.0 Å². The van der Waals surface area contributed by atoms with Gasteiger partial charge >= 0.3 is 0 Å². The molecule has 1 aromatic rings. The van der Waals surface area contributed by atoms with Crippen LogP contribution in [0.2, 0.25) is 5.02 Å². The standard InChI is InChI=1S/C12H16ClNO4S/c1-3-14-6-8-7-17-12-10(13)4-9(19(2,15)16)5-11(12)18-8/h4-5,8,14H,3,6-7H2,1-2H3/t8-/m0/s1. The molecule has 1 atom stereocenters. The van der Waals surface area contributed by atoms with E-state index in [9.17, 15) is 8.42 Å². The zero-order valence-electron chi connectivity index (χ0n) is 10.8. The number of hydrogen-bond donors (Lipinski definition) is 1. The van der Waals surface area contributed by atoms with Gasteiger partial charge in [0.2, 0.25) is 0 Å². The summed E-state index contributed by atoms with van der Waals surface area (Å²) in [7, 11) is -3.33. The van der Waals surface area contributed by atoms with Crippen molar-refractivity contribution >= 4 is 21.4 Å². The highest BCUT2D eigenvalue weighted by atomic mass is 35.5. The SMILES string of the molecule is CCNC[C@H]1COc2c(Cl)cc(S(C)(=O)=O)cc2O1. The number of hydrogen-bond acceptors (Lipinski definition) is 5. The van der Waals surface area contributed by atoms with Crippen molar-refractivity contribution in [2.75, 3.05) is 26.0 Å². The summed E-state index contributed by atoms with van der Waals surface area (Å²) in [6, 6.07) is 2.83. The predicted molar refractivity (Wildman–Crippen MR) is 73.0 cm³/mol. The van der Waals surface area contributed by atoms with Crippen LogP contribution < -0.4 is 14.8 Å². The largest absolute Gasteiger partial charge is 0.484 e. The Morgan fingerprint density at radius 1 is 1.47 bits per heavy atom. The van der Waals surface area contributed by atoms with E-state index in [0.717, 1.165) is 12.8 Å². The topological polar surface area (TPSA) is 64.6 Å². The maximum atomic E-state index is 11.6. The van der Waals surface area contributed by atoms with Crippen LogP contribution in [0.1, 0.15) is 6.92 Å². The van der Waals surface area contributed by atoms with E-state index in [0.29, 0.717) is 24.7 Å². The summed E-state index contributed by atoms with van der Waals surface area (Å²) < 4.78 is 34.4. The molecule has 1 N–H and O–H groups in total. The van der Waals surface area contributed by atoms with Crippen LogP contribution in [0.25, 0.3) is 0 Å². The Morgan fingerprint density at radius 2 is 2.21 bits per heavy atom. The van der Waals surface area contributed by atoms with E-state index in [1.807, 2.05) is 6.92 Å². The van der Waals surface area contributed by atoms with E-state index in [-0.39, 0.29) is 16.0 Å². The van der Waals surface area contributed by atoms with E-state index in [2.05, 4.69) is 5.32 Å². The molecule has 106 valence electrons. The van der Waals surface area contributed by atoms with E-state index >= 15 is 0 Å². The molecule has 0 spiro atoms. The third kappa shape index (κ3) is 3.32. The first-order valence-electron chi connectivity index (χ1n) is 5.95.